The molecule has 0 spiro atoms. The van der Waals surface area contributed by atoms with Gasteiger partial charge in [-0.15, -0.1) is 0 Å². The third-order valence-electron chi connectivity index (χ3n) is 3.83. The Morgan fingerprint density at radius 3 is 2.39 bits per heavy atom. The maximum atomic E-state index is 5.94. The van der Waals surface area contributed by atoms with Crippen molar-refractivity contribution in [2.75, 3.05) is 11.9 Å². The van der Waals surface area contributed by atoms with Gasteiger partial charge < -0.3 is 10.6 Å². The highest BCUT2D eigenvalue weighted by Crippen LogP contribution is 2.23. The van der Waals surface area contributed by atoms with Gasteiger partial charge in [0.25, 0.3) is 0 Å². The van der Waals surface area contributed by atoms with Gasteiger partial charge in [0, 0.05) is 31.5 Å². The Bertz CT molecular complexity index is 355. The minimum atomic E-state index is 0.391. The first-order valence-corrected chi connectivity index (χ1v) is 7.00. The van der Waals surface area contributed by atoms with E-state index >= 15 is 0 Å². The maximum absolute atomic E-state index is 5.94. The molecule has 0 radical (unpaired) electrons. The van der Waals surface area contributed by atoms with Crippen molar-refractivity contribution in [1.29, 1.82) is 0 Å². The molecule has 18 heavy (non-hydrogen) atoms. The molecule has 2 N–H and O–H groups in total. The van der Waals surface area contributed by atoms with Crippen LogP contribution in [0.1, 0.15) is 44.6 Å². The van der Waals surface area contributed by atoms with E-state index in [2.05, 4.69) is 28.8 Å². The Morgan fingerprint density at radius 1 is 1.22 bits per heavy atom. The fourth-order valence-electron chi connectivity index (χ4n) is 2.60. The lowest BCUT2D eigenvalue weighted by Gasteiger charge is -2.33. The summed E-state index contributed by atoms with van der Waals surface area (Å²) in [6.07, 6.45) is 10.6. The zero-order valence-electron chi connectivity index (χ0n) is 11.5. The van der Waals surface area contributed by atoms with Gasteiger partial charge >= 0.3 is 0 Å². The number of rotatable bonds is 4. The lowest BCUT2D eigenvalue weighted by Crippen LogP contribution is -2.39. The van der Waals surface area contributed by atoms with Gasteiger partial charge in [0.2, 0.25) is 5.95 Å². The van der Waals surface area contributed by atoms with Crippen molar-refractivity contribution >= 4 is 5.95 Å². The molecule has 1 aliphatic rings. The summed E-state index contributed by atoms with van der Waals surface area (Å²) in [5.74, 6) is 0.843. The van der Waals surface area contributed by atoms with Gasteiger partial charge in [-0.1, -0.05) is 13.3 Å². The van der Waals surface area contributed by atoms with E-state index in [9.17, 15) is 0 Å². The van der Waals surface area contributed by atoms with Crippen LogP contribution in [0.3, 0.4) is 0 Å². The molecule has 1 heterocycles. The maximum Gasteiger partial charge on any atom is 0.225 e. The highest BCUT2D eigenvalue weighted by Gasteiger charge is 2.23. The SMILES string of the molecule is CCCc1cnc(N(C)C2CCC(N)CC2)nc1. The summed E-state index contributed by atoms with van der Waals surface area (Å²) in [6, 6.07) is 0.935. The van der Waals surface area contributed by atoms with E-state index in [0.717, 1.165) is 44.5 Å². The molecule has 0 amide bonds. The fourth-order valence-corrected chi connectivity index (χ4v) is 2.60. The first-order chi connectivity index (χ1) is 8.70. The number of hydrogen-bond acceptors (Lipinski definition) is 4. The lowest BCUT2D eigenvalue weighted by atomic mass is 9.91. The zero-order valence-corrected chi connectivity index (χ0v) is 11.5. The van der Waals surface area contributed by atoms with Crippen LogP contribution in [0.2, 0.25) is 0 Å². The van der Waals surface area contributed by atoms with Crippen LogP contribution in [0.15, 0.2) is 12.4 Å². The minimum Gasteiger partial charge on any atom is -0.341 e. The van der Waals surface area contributed by atoms with Crippen molar-refractivity contribution in [3.63, 3.8) is 0 Å². The summed E-state index contributed by atoms with van der Waals surface area (Å²) >= 11 is 0. The Balaban J connectivity index is 1.97. The van der Waals surface area contributed by atoms with E-state index < -0.39 is 0 Å². The quantitative estimate of drug-likeness (QED) is 0.887. The Hall–Kier alpha value is -1.16. The third-order valence-corrected chi connectivity index (χ3v) is 3.83. The van der Waals surface area contributed by atoms with E-state index in [-0.39, 0.29) is 0 Å². The van der Waals surface area contributed by atoms with Crippen LogP contribution in [-0.4, -0.2) is 29.1 Å². The van der Waals surface area contributed by atoms with Crippen molar-refractivity contribution in [2.24, 2.45) is 5.73 Å². The summed E-state index contributed by atoms with van der Waals surface area (Å²) in [6.45, 7) is 2.17. The van der Waals surface area contributed by atoms with Crippen molar-refractivity contribution in [2.45, 2.75) is 57.5 Å². The number of anilines is 1. The molecule has 100 valence electrons. The Kier molecular flexibility index (Phi) is 4.53. The average molecular weight is 248 g/mol. The molecule has 1 fully saturated rings. The van der Waals surface area contributed by atoms with Gasteiger partial charge in [0.05, 0.1) is 0 Å². The summed E-state index contributed by atoms with van der Waals surface area (Å²) < 4.78 is 0. The molecule has 0 unspecified atom stereocenters. The minimum absolute atomic E-state index is 0.391. The van der Waals surface area contributed by atoms with Gasteiger partial charge in [-0.25, -0.2) is 9.97 Å². The molecular formula is C14H24N4. The second-order valence-electron chi connectivity index (χ2n) is 5.32. The number of aryl methyl sites for hydroxylation is 1. The fraction of sp³-hybridized carbons (Fsp3) is 0.714. The number of aromatic nitrogens is 2. The average Bonchev–Trinajstić information content (AvgIpc) is 2.40. The number of hydrogen-bond donors (Lipinski definition) is 1. The molecule has 4 heteroatoms. The zero-order chi connectivity index (χ0) is 13.0. The second kappa shape index (κ2) is 6.14. The van der Waals surface area contributed by atoms with Gasteiger partial charge in [-0.2, -0.15) is 0 Å². The normalized spacial score (nSPS) is 23.9. The van der Waals surface area contributed by atoms with Gasteiger partial charge in [0.15, 0.2) is 0 Å². The van der Waals surface area contributed by atoms with E-state index in [4.69, 9.17) is 5.73 Å². The summed E-state index contributed by atoms with van der Waals surface area (Å²) in [5.41, 5.74) is 7.16. The standard InChI is InChI=1S/C14H24N4/c1-3-4-11-9-16-14(17-10-11)18(2)13-7-5-12(15)6-8-13/h9-10,12-13H,3-8,15H2,1-2H3. The molecular weight excluding hydrogens is 224 g/mol. The van der Waals surface area contributed by atoms with Crippen LogP contribution < -0.4 is 10.6 Å². The first-order valence-electron chi connectivity index (χ1n) is 7.00. The highest BCUT2D eigenvalue weighted by molar-refractivity contribution is 5.30. The van der Waals surface area contributed by atoms with Crippen molar-refractivity contribution in [1.82, 2.24) is 9.97 Å². The highest BCUT2D eigenvalue weighted by atomic mass is 15.2. The Morgan fingerprint density at radius 2 is 1.83 bits per heavy atom. The summed E-state index contributed by atoms with van der Waals surface area (Å²) in [4.78, 5) is 11.2. The van der Waals surface area contributed by atoms with E-state index in [1.54, 1.807) is 0 Å². The molecule has 1 saturated carbocycles. The molecule has 0 atom stereocenters. The number of nitrogens with zero attached hydrogens (tertiary/aromatic N) is 3. The smallest absolute Gasteiger partial charge is 0.225 e. The number of nitrogens with two attached hydrogens (primary N) is 1. The van der Waals surface area contributed by atoms with Gasteiger partial charge in [-0.3, -0.25) is 0 Å². The molecule has 1 aromatic heterocycles. The van der Waals surface area contributed by atoms with E-state index in [1.165, 1.54) is 5.56 Å². The molecule has 1 aliphatic carbocycles. The second-order valence-corrected chi connectivity index (χ2v) is 5.32. The van der Waals surface area contributed by atoms with Crippen molar-refractivity contribution in [3.8, 4) is 0 Å². The van der Waals surface area contributed by atoms with E-state index in [0.29, 0.717) is 12.1 Å². The molecule has 0 bridgehead atoms. The summed E-state index contributed by atoms with van der Waals surface area (Å²) in [7, 11) is 2.09. The third kappa shape index (κ3) is 3.19. The van der Waals surface area contributed by atoms with Crippen LogP contribution in [0.4, 0.5) is 5.95 Å². The van der Waals surface area contributed by atoms with E-state index in [1.807, 2.05) is 12.4 Å². The predicted molar refractivity (Wildman–Crippen MR) is 74.7 cm³/mol. The van der Waals surface area contributed by atoms with Crippen molar-refractivity contribution < 1.29 is 0 Å². The van der Waals surface area contributed by atoms with Crippen LogP contribution in [0, 0.1) is 0 Å². The molecule has 0 aromatic carbocycles. The predicted octanol–water partition coefficient (Wildman–Crippen LogP) is 2.14. The molecule has 2 rings (SSSR count). The largest absolute Gasteiger partial charge is 0.341 e. The van der Waals surface area contributed by atoms with Crippen molar-refractivity contribution in [3.05, 3.63) is 18.0 Å². The first kappa shape index (κ1) is 13.3. The molecule has 1 aromatic rings. The lowest BCUT2D eigenvalue weighted by molar-refractivity contribution is 0.382. The van der Waals surface area contributed by atoms with Gasteiger partial charge in [0.1, 0.15) is 0 Å². The monoisotopic (exact) mass is 248 g/mol. The molecule has 0 aliphatic heterocycles. The van der Waals surface area contributed by atoms with Crippen LogP contribution >= 0.6 is 0 Å². The van der Waals surface area contributed by atoms with Crippen LogP contribution in [0.25, 0.3) is 0 Å². The topological polar surface area (TPSA) is 55.0 Å². The van der Waals surface area contributed by atoms with Gasteiger partial charge in [-0.05, 0) is 37.7 Å². The summed E-state index contributed by atoms with van der Waals surface area (Å²) in [5, 5.41) is 0. The van der Waals surface area contributed by atoms with Crippen LogP contribution in [-0.2, 0) is 6.42 Å². The molecule has 0 saturated heterocycles. The molecule has 4 nitrogen and oxygen atoms in total. The Labute approximate surface area is 110 Å². The van der Waals surface area contributed by atoms with Crippen LogP contribution in [0.5, 0.6) is 0 Å².